The molecule has 1 heterocycles. The number of nitrogens with zero attached hydrogens (tertiary/aromatic N) is 1. The quantitative estimate of drug-likeness (QED) is 0.771. The highest BCUT2D eigenvalue weighted by molar-refractivity contribution is 5.80. The van der Waals surface area contributed by atoms with Gasteiger partial charge in [-0.25, -0.2) is 0 Å². The average molecular weight is 282 g/mol. The molecule has 2 fully saturated rings. The molecule has 0 aromatic heterocycles. The lowest BCUT2D eigenvalue weighted by atomic mass is 10.0. The van der Waals surface area contributed by atoms with E-state index >= 15 is 0 Å². The van der Waals surface area contributed by atoms with Crippen molar-refractivity contribution in [3.8, 4) is 0 Å². The molecule has 2 aliphatic rings. The molecule has 0 bridgehead atoms. The molecule has 114 valence electrons. The van der Waals surface area contributed by atoms with Crippen LogP contribution in [0.5, 0.6) is 0 Å². The van der Waals surface area contributed by atoms with Gasteiger partial charge >= 0.3 is 5.97 Å². The molecular weight excluding hydrogens is 256 g/mol. The van der Waals surface area contributed by atoms with Crippen molar-refractivity contribution in [1.82, 2.24) is 10.2 Å². The van der Waals surface area contributed by atoms with Crippen molar-refractivity contribution in [3.63, 3.8) is 0 Å². The molecule has 0 aromatic rings. The molecule has 1 aliphatic heterocycles. The smallest absolute Gasteiger partial charge is 0.306 e. The molecule has 1 unspecified atom stereocenters. The van der Waals surface area contributed by atoms with Crippen LogP contribution in [0.4, 0.5) is 0 Å². The van der Waals surface area contributed by atoms with E-state index in [2.05, 4.69) is 17.1 Å². The summed E-state index contributed by atoms with van der Waals surface area (Å²) in [5.41, 5.74) is 0. The number of carbonyl (C=O) groups excluding carboxylic acids is 1. The minimum atomic E-state index is -0.761. The first-order valence-corrected chi connectivity index (χ1v) is 7.79. The van der Waals surface area contributed by atoms with Crippen molar-refractivity contribution in [2.45, 2.75) is 39.0 Å². The van der Waals surface area contributed by atoms with Gasteiger partial charge in [-0.05, 0) is 51.1 Å². The summed E-state index contributed by atoms with van der Waals surface area (Å²) in [4.78, 5) is 25.4. The second kappa shape index (κ2) is 7.07. The molecule has 2 rings (SSSR count). The summed E-state index contributed by atoms with van der Waals surface area (Å²) in [7, 11) is 0. The van der Waals surface area contributed by atoms with E-state index in [4.69, 9.17) is 5.11 Å². The Kier molecular flexibility index (Phi) is 5.40. The maximum absolute atomic E-state index is 12.0. The van der Waals surface area contributed by atoms with Gasteiger partial charge in [0.25, 0.3) is 0 Å². The highest BCUT2D eigenvalue weighted by atomic mass is 16.4. The predicted molar refractivity (Wildman–Crippen MR) is 76.3 cm³/mol. The van der Waals surface area contributed by atoms with E-state index in [0.29, 0.717) is 31.7 Å². The lowest BCUT2D eigenvalue weighted by Gasteiger charge is -2.21. The third kappa shape index (κ3) is 4.20. The fourth-order valence-electron chi connectivity index (χ4n) is 3.33. The number of carbonyl (C=O) groups is 2. The van der Waals surface area contributed by atoms with Crippen LogP contribution in [0.15, 0.2) is 0 Å². The van der Waals surface area contributed by atoms with Gasteiger partial charge in [0.2, 0.25) is 5.91 Å². The summed E-state index contributed by atoms with van der Waals surface area (Å²) in [6.45, 7) is 6.27. The first-order chi connectivity index (χ1) is 9.56. The Balaban J connectivity index is 1.65. The van der Waals surface area contributed by atoms with Crippen LogP contribution in [0.1, 0.15) is 39.0 Å². The van der Waals surface area contributed by atoms with Crippen molar-refractivity contribution in [2.75, 3.05) is 26.2 Å². The highest BCUT2D eigenvalue weighted by Crippen LogP contribution is 2.31. The van der Waals surface area contributed by atoms with E-state index in [0.717, 1.165) is 6.54 Å². The van der Waals surface area contributed by atoms with Crippen LogP contribution in [0.25, 0.3) is 0 Å². The number of carboxylic acids is 1. The SMILES string of the molecule is CC(CNC(=O)[C@@H]1CC[C@H](C(=O)O)C1)CN1CCCC1. The zero-order valence-electron chi connectivity index (χ0n) is 12.3. The third-order valence-electron chi connectivity index (χ3n) is 4.55. The number of amides is 1. The molecule has 3 atom stereocenters. The first kappa shape index (κ1) is 15.3. The number of rotatable bonds is 6. The number of hydrogen-bond donors (Lipinski definition) is 2. The largest absolute Gasteiger partial charge is 0.481 e. The number of hydrogen-bond acceptors (Lipinski definition) is 3. The second-order valence-electron chi connectivity index (χ2n) is 6.40. The van der Waals surface area contributed by atoms with Crippen molar-refractivity contribution >= 4 is 11.9 Å². The standard InChI is InChI=1S/C15H26N2O3/c1-11(10-17-6-2-3-7-17)9-16-14(18)12-4-5-13(8-12)15(19)20/h11-13H,2-10H2,1H3,(H,16,18)(H,19,20)/t11?,12-,13+/m1/s1. The summed E-state index contributed by atoms with van der Waals surface area (Å²) >= 11 is 0. The highest BCUT2D eigenvalue weighted by Gasteiger charge is 2.33. The predicted octanol–water partition coefficient (Wildman–Crippen LogP) is 1.34. The Morgan fingerprint density at radius 1 is 1.25 bits per heavy atom. The lowest BCUT2D eigenvalue weighted by molar-refractivity contribution is -0.141. The van der Waals surface area contributed by atoms with Gasteiger partial charge in [-0.1, -0.05) is 6.92 Å². The van der Waals surface area contributed by atoms with E-state index in [1.165, 1.54) is 25.9 Å². The molecule has 2 N–H and O–H groups in total. The molecule has 5 heteroatoms. The number of carboxylic acid groups (broad SMARTS) is 1. The number of likely N-dealkylation sites (tertiary alicyclic amines) is 1. The zero-order chi connectivity index (χ0) is 14.5. The van der Waals surface area contributed by atoms with Crippen LogP contribution in [0.3, 0.4) is 0 Å². The van der Waals surface area contributed by atoms with E-state index in [-0.39, 0.29) is 17.7 Å². The van der Waals surface area contributed by atoms with Gasteiger partial charge in [-0.15, -0.1) is 0 Å². The van der Waals surface area contributed by atoms with Gasteiger partial charge < -0.3 is 15.3 Å². The molecule has 5 nitrogen and oxygen atoms in total. The Bertz CT molecular complexity index is 353. The van der Waals surface area contributed by atoms with Gasteiger partial charge in [-0.3, -0.25) is 9.59 Å². The van der Waals surface area contributed by atoms with Crippen LogP contribution in [-0.4, -0.2) is 48.1 Å². The maximum Gasteiger partial charge on any atom is 0.306 e. The Hall–Kier alpha value is -1.10. The van der Waals surface area contributed by atoms with Crippen molar-refractivity contribution in [1.29, 1.82) is 0 Å². The minimum Gasteiger partial charge on any atom is -0.481 e. The van der Waals surface area contributed by atoms with Crippen molar-refractivity contribution in [2.24, 2.45) is 17.8 Å². The molecule has 1 saturated carbocycles. The molecule has 1 amide bonds. The topological polar surface area (TPSA) is 69.6 Å². The number of nitrogens with one attached hydrogen (secondary N) is 1. The fraction of sp³-hybridized carbons (Fsp3) is 0.867. The summed E-state index contributed by atoms with van der Waals surface area (Å²) in [5, 5.41) is 12.0. The zero-order valence-corrected chi connectivity index (χ0v) is 12.3. The summed E-state index contributed by atoms with van der Waals surface area (Å²) in [5.74, 6) is -0.693. The minimum absolute atomic E-state index is 0.0435. The lowest BCUT2D eigenvalue weighted by Crippen LogP contribution is -2.37. The molecule has 1 saturated heterocycles. The monoisotopic (exact) mass is 282 g/mol. The maximum atomic E-state index is 12.0. The molecular formula is C15H26N2O3. The fourth-order valence-corrected chi connectivity index (χ4v) is 3.33. The normalized spacial score (nSPS) is 28.4. The molecule has 0 spiro atoms. The third-order valence-corrected chi connectivity index (χ3v) is 4.55. The first-order valence-electron chi connectivity index (χ1n) is 7.79. The summed E-state index contributed by atoms with van der Waals surface area (Å²) < 4.78 is 0. The average Bonchev–Trinajstić information content (AvgIpc) is 3.06. The van der Waals surface area contributed by atoms with Gasteiger partial charge in [0.1, 0.15) is 0 Å². The van der Waals surface area contributed by atoms with Crippen molar-refractivity contribution < 1.29 is 14.7 Å². The van der Waals surface area contributed by atoms with Crippen LogP contribution in [-0.2, 0) is 9.59 Å². The van der Waals surface area contributed by atoms with Crippen molar-refractivity contribution in [3.05, 3.63) is 0 Å². The molecule has 0 aromatic carbocycles. The van der Waals surface area contributed by atoms with E-state index in [1.807, 2.05) is 0 Å². The summed E-state index contributed by atoms with van der Waals surface area (Å²) in [6, 6.07) is 0. The Morgan fingerprint density at radius 2 is 1.90 bits per heavy atom. The second-order valence-corrected chi connectivity index (χ2v) is 6.40. The van der Waals surface area contributed by atoms with E-state index in [1.54, 1.807) is 0 Å². The van der Waals surface area contributed by atoms with E-state index in [9.17, 15) is 9.59 Å². The van der Waals surface area contributed by atoms with Gasteiger partial charge in [-0.2, -0.15) is 0 Å². The Morgan fingerprint density at radius 3 is 2.50 bits per heavy atom. The van der Waals surface area contributed by atoms with Gasteiger partial charge in [0, 0.05) is 19.0 Å². The molecule has 20 heavy (non-hydrogen) atoms. The summed E-state index contributed by atoms with van der Waals surface area (Å²) in [6.07, 6.45) is 4.43. The molecule has 0 radical (unpaired) electrons. The van der Waals surface area contributed by atoms with Crippen LogP contribution in [0.2, 0.25) is 0 Å². The van der Waals surface area contributed by atoms with Crippen LogP contribution < -0.4 is 5.32 Å². The van der Waals surface area contributed by atoms with E-state index < -0.39 is 5.97 Å². The Labute approximate surface area is 120 Å². The van der Waals surface area contributed by atoms with Gasteiger partial charge in [0.05, 0.1) is 5.92 Å². The number of aliphatic carboxylic acids is 1. The van der Waals surface area contributed by atoms with Crippen LogP contribution in [0, 0.1) is 17.8 Å². The van der Waals surface area contributed by atoms with Gasteiger partial charge in [0.15, 0.2) is 0 Å². The van der Waals surface area contributed by atoms with Crippen LogP contribution >= 0.6 is 0 Å². The molecule has 1 aliphatic carbocycles.